The molecule has 1 heterocycles. The third-order valence-corrected chi connectivity index (χ3v) is 5.81. The maximum atomic E-state index is 12.7. The van der Waals surface area contributed by atoms with Crippen LogP contribution in [-0.2, 0) is 10.3 Å². The lowest BCUT2D eigenvalue weighted by Crippen LogP contribution is -2.34. The number of carbonyl (C=O) groups is 1. The summed E-state index contributed by atoms with van der Waals surface area (Å²) in [4.78, 5) is 12.7. The second-order valence-corrected chi connectivity index (χ2v) is 7.64. The summed E-state index contributed by atoms with van der Waals surface area (Å²) in [5.74, 6) is -0.162. The van der Waals surface area contributed by atoms with E-state index < -0.39 is 11.6 Å². The Balaban J connectivity index is 1.79. The standard InChI is InChI=1S/C28H22O4/c1-2-31-27(30)24-21-15-9-10-16-22(21)26-23(25(24)29)17-18-28(32-26,19-11-5-3-6-12-19)20-13-7-4-8-14-20/h3-18,29H,2H2,1H3. The quantitative estimate of drug-likeness (QED) is 0.406. The first-order valence-electron chi connectivity index (χ1n) is 10.6. The highest BCUT2D eigenvalue weighted by atomic mass is 16.5. The lowest BCUT2D eigenvalue weighted by molar-refractivity contribution is 0.0525. The average molecular weight is 422 g/mol. The number of ether oxygens (including phenoxy) is 2. The highest BCUT2D eigenvalue weighted by Crippen LogP contribution is 2.49. The molecule has 0 fully saturated rings. The van der Waals surface area contributed by atoms with Gasteiger partial charge in [0.05, 0.1) is 12.2 Å². The van der Waals surface area contributed by atoms with E-state index in [-0.39, 0.29) is 17.9 Å². The van der Waals surface area contributed by atoms with Crippen LogP contribution in [0.5, 0.6) is 11.5 Å². The lowest BCUT2D eigenvalue weighted by atomic mass is 9.83. The second kappa shape index (κ2) is 7.89. The Morgan fingerprint density at radius 3 is 2.03 bits per heavy atom. The number of aromatic hydroxyl groups is 1. The van der Waals surface area contributed by atoms with Crippen LogP contribution in [0.2, 0.25) is 0 Å². The van der Waals surface area contributed by atoms with E-state index in [0.717, 1.165) is 16.5 Å². The monoisotopic (exact) mass is 422 g/mol. The molecule has 1 N–H and O–H groups in total. The van der Waals surface area contributed by atoms with Gasteiger partial charge in [-0.2, -0.15) is 0 Å². The van der Waals surface area contributed by atoms with E-state index >= 15 is 0 Å². The van der Waals surface area contributed by atoms with E-state index in [1.165, 1.54) is 0 Å². The van der Waals surface area contributed by atoms with Crippen molar-refractivity contribution in [3.63, 3.8) is 0 Å². The highest BCUT2D eigenvalue weighted by molar-refractivity contribution is 6.11. The first-order valence-corrected chi connectivity index (χ1v) is 10.6. The van der Waals surface area contributed by atoms with E-state index in [9.17, 15) is 9.90 Å². The fourth-order valence-electron chi connectivity index (χ4n) is 4.33. The zero-order valence-corrected chi connectivity index (χ0v) is 17.6. The minimum absolute atomic E-state index is 0.136. The van der Waals surface area contributed by atoms with Gasteiger partial charge in [-0.25, -0.2) is 4.79 Å². The molecule has 0 spiro atoms. The van der Waals surface area contributed by atoms with Crippen molar-refractivity contribution in [2.75, 3.05) is 6.61 Å². The van der Waals surface area contributed by atoms with Gasteiger partial charge >= 0.3 is 5.97 Å². The van der Waals surface area contributed by atoms with Crippen LogP contribution in [0.1, 0.15) is 34.0 Å². The van der Waals surface area contributed by atoms with Gasteiger partial charge in [0.2, 0.25) is 0 Å². The van der Waals surface area contributed by atoms with Gasteiger partial charge in [0.15, 0.2) is 5.60 Å². The third-order valence-electron chi connectivity index (χ3n) is 5.81. The Morgan fingerprint density at radius 1 is 0.875 bits per heavy atom. The molecule has 5 rings (SSSR count). The Hall–Kier alpha value is -4.05. The van der Waals surface area contributed by atoms with Gasteiger partial charge < -0.3 is 14.6 Å². The van der Waals surface area contributed by atoms with E-state index in [1.54, 1.807) is 13.0 Å². The van der Waals surface area contributed by atoms with Crippen LogP contribution < -0.4 is 4.74 Å². The molecule has 4 aromatic rings. The number of hydrogen-bond acceptors (Lipinski definition) is 4. The van der Waals surface area contributed by atoms with Gasteiger partial charge in [0.1, 0.15) is 17.1 Å². The zero-order valence-electron chi connectivity index (χ0n) is 17.6. The molecule has 32 heavy (non-hydrogen) atoms. The Morgan fingerprint density at radius 2 is 1.44 bits per heavy atom. The van der Waals surface area contributed by atoms with Crippen molar-refractivity contribution >= 4 is 22.8 Å². The molecule has 4 nitrogen and oxygen atoms in total. The number of esters is 1. The molecule has 0 saturated carbocycles. The van der Waals surface area contributed by atoms with Crippen molar-refractivity contribution in [2.45, 2.75) is 12.5 Å². The molecule has 0 amide bonds. The summed E-state index contributed by atoms with van der Waals surface area (Å²) >= 11 is 0. The fraction of sp³-hybridized carbons (Fsp3) is 0.107. The van der Waals surface area contributed by atoms with Gasteiger partial charge in [0, 0.05) is 21.9 Å². The summed E-state index contributed by atoms with van der Waals surface area (Å²) in [7, 11) is 0. The molecule has 0 saturated heterocycles. The summed E-state index contributed by atoms with van der Waals surface area (Å²) in [6.07, 6.45) is 3.77. The molecular weight excluding hydrogens is 400 g/mol. The van der Waals surface area contributed by atoms with Crippen LogP contribution in [0.15, 0.2) is 91.0 Å². The predicted molar refractivity (Wildman–Crippen MR) is 125 cm³/mol. The smallest absolute Gasteiger partial charge is 0.342 e. The molecule has 0 bridgehead atoms. The molecule has 0 unspecified atom stereocenters. The Bertz CT molecular complexity index is 1280. The van der Waals surface area contributed by atoms with Crippen LogP contribution in [-0.4, -0.2) is 17.7 Å². The van der Waals surface area contributed by atoms with Gasteiger partial charge in [-0.15, -0.1) is 0 Å². The predicted octanol–water partition coefficient (Wildman–Crippen LogP) is 6.07. The second-order valence-electron chi connectivity index (χ2n) is 7.64. The minimum atomic E-state index is -0.879. The number of benzene rings is 4. The summed E-state index contributed by atoms with van der Waals surface area (Å²) < 4.78 is 12.0. The fourth-order valence-corrected chi connectivity index (χ4v) is 4.33. The molecular formula is C28H22O4. The maximum Gasteiger partial charge on any atom is 0.342 e. The molecule has 0 aromatic heterocycles. The molecule has 4 heteroatoms. The summed E-state index contributed by atoms with van der Waals surface area (Å²) in [6.45, 7) is 1.97. The Kier molecular flexibility index (Phi) is 4.91. The molecule has 1 aliphatic heterocycles. The van der Waals surface area contributed by atoms with E-state index in [4.69, 9.17) is 9.47 Å². The third kappa shape index (κ3) is 3.04. The van der Waals surface area contributed by atoms with Crippen molar-refractivity contribution in [2.24, 2.45) is 0 Å². The van der Waals surface area contributed by atoms with E-state index in [1.807, 2.05) is 91.0 Å². The number of phenols is 1. The van der Waals surface area contributed by atoms with Crippen LogP contribution in [0.3, 0.4) is 0 Å². The van der Waals surface area contributed by atoms with Crippen molar-refractivity contribution in [3.8, 4) is 11.5 Å². The summed E-state index contributed by atoms with van der Waals surface area (Å²) in [6, 6.07) is 27.4. The number of fused-ring (bicyclic) bond motifs is 3. The highest BCUT2D eigenvalue weighted by Gasteiger charge is 2.39. The number of rotatable bonds is 4. The molecule has 0 atom stereocenters. The molecule has 0 aliphatic carbocycles. The number of carbonyl (C=O) groups excluding carboxylic acids is 1. The summed E-state index contributed by atoms with van der Waals surface area (Å²) in [5, 5.41) is 12.4. The topological polar surface area (TPSA) is 55.8 Å². The molecule has 4 aromatic carbocycles. The van der Waals surface area contributed by atoms with Gasteiger partial charge in [-0.1, -0.05) is 84.9 Å². The number of hydrogen-bond donors (Lipinski definition) is 1. The Labute approximate surface area is 186 Å². The van der Waals surface area contributed by atoms with Gasteiger partial charge in [0.25, 0.3) is 0 Å². The van der Waals surface area contributed by atoms with Crippen molar-refractivity contribution in [3.05, 3.63) is 113 Å². The van der Waals surface area contributed by atoms with E-state index in [2.05, 4.69) is 0 Å². The lowest BCUT2D eigenvalue weighted by Gasteiger charge is -2.37. The van der Waals surface area contributed by atoms with Gasteiger partial charge in [-0.3, -0.25) is 0 Å². The maximum absolute atomic E-state index is 12.7. The van der Waals surface area contributed by atoms with Crippen molar-refractivity contribution < 1.29 is 19.4 Å². The van der Waals surface area contributed by atoms with Crippen LogP contribution in [0.25, 0.3) is 16.8 Å². The van der Waals surface area contributed by atoms with Crippen molar-refractivity contribution in [1.29, 1.82) is 0 Å². The molecule has 158 valence electrons. The first kappa shape index (κ1) is 19.9. The van der Waals surface area contributed by atoms with Crippen LogP contribution in [0, 0.1) is 0 Å². The van der Waals surface area contributed by atoms with Crippen molar-refractivity contribution in [1.82, 2.24) is 0 Å². The minimum Gasteiger partial charge on any atom is -0.506 e. The van der Waals surface area contributed by atoms with Gasteiger partial charge in [-0.05, 0) is 19.1 Å². The molecule has 1 aliphatic rings. The SMILES string of the molecule is CCOC(=O)c1c(O)c2c(c3ccccc13)OC(c1ccccc1)(c1ccccc1)C=C2. The largest absolute Gasteiger partial charge is 0.506 e. The van der Waals surface area contributed by atoms with Crippen LogP contribution in [0.4, 0.5) is 0 Å². The molecule has 0 radical (unpaired) electrons. The zero-order chi connectivity index (χ0) is 22.1. The number of phenolic OH excluding ortho intramolecular Hbond substituents is 1. The van der Waals surface area contributed by atoms with Crippen LogP contribution >= 0.6 is 0 Å². The normalized spacial score (nSPS) is 13.9. The van der Waals surface area contributed by atoms with E-state index in [0.29, 0.717) is 16.7 Å². The average Bonchev–Trinajstić information content (AvgIpc) is 2.85. The summed E-state index contributed by atoms with van der Waals surface area (Å²) in [5.41, 5.74) is 1.67. The first-order chi connectivity index (χ1) is 15.7.